The maximum absolute atomic E-state index is 2.47. The van der Waals surface area contributed by atoms with E-state index in [1.807, 2.05) is 0 Å². The second-order valence-electron chi connectivity index (χ2n) is 15.7. The normalized spacial score (nSPS) is 12.4. The zero-order valence-electron chi connectivity index (χ0n) is 32.8. The predicted octanol–water partition coefficient (Wildman–Crippen LogP) is 15.8. The van der Waals surface area contributed by atoms with Gasteiger partial charge < -0.3 is 4.90 Å². The van der Waals surface area contributed by atoms with Crippen LogP contribution in [0, 0.1) is 0 Å². The van der Waals surface area contributed by atoms with Gasteiger partial charge in [0, 0.05) is 22.2 Å². The minimum Gasteiger partial charge on any atom is -0.309 e. The van der Waals surface area contributed by atoms with Crippen LogP contribution in [-0.4, -0.2) is 0 Å². The van der Waals surface area contributed by atoms with Gasteiger partial charge in [0.15, 0.2) is 0 Å². The Kier molecular flexibility index (Phi) is 8.92. The van der Waals surface area contributed by atoms with Gasteiger partial charge >= 0.3 is 0 Å². The third kappa shape index (κ3) is 6.13. The maximum Gasteiger partial charge on any atom is 0.0546 e. The fraction of sp³-hybridized carbons (Fsp3) is 0.0526. The van der Waals surface area contributed by atoms with Gasteiger partial charge in [-0.3, -0.25) is 0 Å². The van der Waals surface area contributed by atoms with E-state index in [-0.39, 0.29) is 5.41 Å². The number of rotatable bonds is 8. The molecule has 0 saturated heterocycles. The molecule has 0 saturated carbocycles. The van der Waals surface area contributed by atoms with E-state index in [1.54, 1.807) is 0 Å². The predicted molar refractivity (Wildman–Crippen MR) is 246 cm³/mol. The minimum atomic E-state index is -0.0595. The van der Waals surface area contributed by atoms with E-state index >= 15 is 0 Å². The molecule has 58 heavy (non-hydrogen) atoms. The van der Waals surface area contributed by atoms with Gasteiger partial charge in [0.05, 0.1) is 11.4 Å². The molecule has 0 spiro atoms. The highest BCUT2D eigenvalue weighted by atomic mass is 15.1. The molecule has 0 heterocycles. The lowest BCUT2D eigenvalue weighted by molar-refractivity contribution is 0.660. The summed E-state index contributed by atoms with van der Waals surface area (Å²) in [6, 6.07) is 81.8. The second-order valence-corrected chi connectivity index (χ2v) is 15.7. The SMILES string of the molecule is CC1(C)c2ccccc2-c2ccc(-c3ccc(N(c4ccccc4-c4ccccc4)c4cccc(-c5ccccc5)c4-c4ccccc4-c4ccccc4)cc3)cc21. The highest BCUT2D eigenvalue weighted by Gasteiger charge is 2.35. The molecule has 9 aromatic carbocycles. The van der Waals surface area contributed by atoms with Gasteiger partial charge in [-0.15, -0.1) is 0 Å². The van der Waals surface area contributed by atoms with Crippen molar-refractivity contribution in [1.29, 1.82) is 0 Å². The Hall–Kier alpha value is -7.22. The molecule has 276 valence electrons. The lowest BCUT2D eigenvalue weighted by Crippen LogP contribution is -2.14. The van der Waals surface area contributed by atoms with Crippen molar-refractivity contribution in [2.75, 3.05) is 4.90 Å². The summed E-state index contributed by atoms with van der Waals surface area (Å²) in [6.45, 7) is 4.70. The fourth-order valence-electron chi connectivity index (χ4n) is 9.06. The molecule has 1 nitrogen and oxygen atoms in total. The van der Waals surface area contributed by atoms with Gasteiger partial charge in [0.1, 0.15) is 0 Å². The molecule has 1 aliphatic rings. The summed E-state index contributed by atoms with van der Waals surface area (Å²) in [5.41, 5.74) is 20.6. The van der Waals surface area contributed by atoms with Gasteiger partial charge in [0.25, 0.3) is 0 Å². The summed E-state index contributed by atoms with van der Waals surface area (Å²) in [7, 11) is 0. The van der Waals surface area contributed by atoms with Crippen molar-refractivity contribution in [2.45, 2.75) is 19.3 Å². The topological polar surface area (TPSA) is 3.24 Å². The number of benzene rings is 9. The number of fused-ring (bicyclic) bond motifs is 3. The summed E-state index contributed by atoms with van der Waals surface area (Å²) in [6.07, 6.45) is 0. The van der Waals surface area contributed by atoms with E-state index in [0.29, 0.717) is 0 Å². The Morgan fingerprint density at radius 1 is 0.293 bits per heavy atom. The maximum atomic E-state index is 2.47. The van der Waals surface area contributed by atoms with Gasteiger partial charge in [-0.25, -0.2) is 0 Å². The average Bonchev–Trinajstić information content (AvgIpc) is 3.53. The molecule has 0 atom stereocenters. The number of nitrogens with zero attached hydrogens (tertiary/aromatic N) is 1. The van der Waals surface area contributed by atoms with E-state index < -0.39 is 0 Å². The molecule has 9 aromatic rings. The largest absolute Gasteiger partial charge is 0.309 e. The van der Waals surface area contributed by atoms with Crippen LogP contribution in [0.25, 0.3) is 66.8 Å². The monoisotopic (exact) mass is 741 g/mol. The Bertz CT molecular complexity index is 2890. The molecular weight excluding hydrogens is 699 g/mol. The van der Waals surface area contributed by atoms with Gasteiger partial charge in [-0.2, -0.15) is 0 Å². The van der Waals surface area contributed by atoms with E-state index in [4.69, 9.17) is 0 Å². The van der Waals surface area contributed by atoms with Crippen molar-refractivity contribution in [2.24, 2.45) is 0 Å². The Morgan fingerprint density at radius 3 is 1.43 bits per heavy atom. The number of para-hydroxylation sites is 1. The second kappa shape index (κ2) is 14.7. The van der Waals surface area contributed by atoms with Crippen LogP contribution in [0.5, 0.6) is 0 Å². The molecular formula is C57H43N. The van der Waals surface area contributed by atoms with Crippen molar-refractivity contribution < 1.29 is 0 Å². The summed E-state index contributed by atoms with van der Waals surface area (Å²) in [5, 5.41) is 0. The average molecular weight is 742 g/mol. The van der Waals surface area contributed by atoms with Crippen molar-refractivity contribution in [3.05, 3.63) is 236 Å². The first-order valence-corrected chi connectivity index (χ1v) is 20.2. The van der Waals surface area contributed by atoms with Crippen LogP contribution in [0.4, 0.5) is 17.1 Å². The zero-order valence-corrected chi connectivity index (χ0v) is 32.8. The first kappa shape index (κ1) is 35.2. The third-order valence-corrected chi connectivity index (χ3v) is 11.9. The Labute approximate surface area is 342 Å². The molecule has 0 bridgehead atoms. The first-order valence-electron chi connectivity index (χ1n) is 20.2. The van der Waals surface area contributed by atoms with Crippen LogP contribution < -0.4 is 4.90 Å². The van der Waals surface area contributed by atoms with Gasteiger partial charge in [0.2, 0.25) is 0 Å². The molecule has 0 unspecified atom stereocenters. The van der Waals surface area contributed by atoms with Crippen LogP contribution in [0.2, 0.25) is 0 Å². The lowest BCUT2D eigenvalue weighted by Gasteiger charge is -2.31. The summed E-state index contributed by atoms with van der Waals surface area (Å²) in [4.78, 5) is 2.47. The molecule has 10 rings (SSSR count). The summed E-state index contributed by atoms with van der Waals surface area (Å²) in [5.74, 6) is 0. The summed E-state index contributed by atoms with van der Waals surface area (Å²) >= 11 is 0. The molecule has 0 amide bonds. The van der Waals surface area contributed by atoms with Crippen LogP contribution in [-0.2, 0) is 5.41 Å². The molecule has 0 radical (unpaired) electrons. The van der Waals surface area contributed by atoms with E-state index in [2.05, 4.69) is 243 Å². The quantitative estimate of drug-likeness (QED) is 0.150. The van der Waals surface area contributed by atoms with E-state index in [9.17, 15) is 0 Å². The molecule has 0 aromatic heterocycles. The van der Waals surface area contributed by atoms with Crippen molar-refractivity contribution in [3.63, 3.8) is 0 Å². The van der Waals surface area contributed by atoms with Crippen LogP contribution in [0.15, 0.2) is 224 Å². The standard InChI is InChI=1S/C57H43N/c1-57(2)52-30-16-14-27-49(52)50-38-35-44(39-53(50)57)40-33-36-45(37-34-40)58(54-31-17-15-26-47(54)42-21-8-4-9-22-42)55-32-18-29-48(43-23-10-5-11-24-43)56(55)51-28-13-12-25-46(51)41-19-6-3-7-20-41/h3-39H,1-2H3. The molecule has 0 N–H and O–H groups in total. The van der Waals surface area contributed by atoms with Crippen LogP contribution in [0.1, 0.15) is 25.0 Å². The van der Waals surface area contributed by atoms with Crippen LogP contribution in [0.3, 0.4) is 0 Å². The smallest absolute Gasteiger partial charge is 0.0546 e. The number of hydrogen-bond acceptors (Lipinski definition) is 1. The lowest BCUT2D eigenvalue weighted by atomic mass is 9.81. The molecule has 0 fully saturated rings. The Balaban J connectivity index is 1.19. The van der Waals surface area contributed by atoms with Gasteiger partial charge in [-0.1, -0.05) is 208 Å². The number of hydrogen-bond donors (Lipinski definition) is 0. The zero-order chi connectivity index (χ0) is 39.1. The van der Waals surface area contributed by atoms with Crippen molar-refractivity contribution in [3.8, 4) is 66.8 Å². The Morgan fingerprint density at radius 2 is 0.759 bits per heavy atom. The van der Waals surface area contributed by atoms with Crippen LogP contribution >= 0.6 is 0 Å². The highest BCUT2D eigenvalue weighted by Crippen LogP contribution is 2.51. The van der Waals surface area contributed by atoms with Crippen molar-refractivity contribution in [1.82, 2.24) is 0 Å². The van der Waals surface area contributed by atoms with Gasteiger partial charge in [-0.05, 0) is 97.1 Å². The first-order chi connectivity index (χ1) is 28.6. The molecule has 1 aliphatic carbocycles. The molecule has 0 aliphatic heterocycles. The minimum absolute atomic E-state index is 0.0595. The highest BCUT2D eigenvalue weighted by molar-refractivity contribution is 6.02. The summed E-state index contributed by atoms with van der Waals surface area (Å²) < 4.78 is 0. The molecule has 1 heteroatoms. The fourth-order valence-corrected chi connectivity index (χ4v) is 9.06. The third-order valence-electron chi connectivity index (χ3n) is 11.9. The van der Waals surface area contributed by atoms with E-state index in [1.165, 1.54) is 77.9 Å². The number of anilines is 3. The van der Waals surface area contributed by atoms with E-state index in [0.717, 1.165) is 17.1 Å². The van der Waals surface area contributed by atoms with Crippen molar-refractivity contribution >= 4 is 17.1 Å².